The number of benzene rings is 3. The van der Waals surface area contributed by atoms with Crippen LogP contribution in [0.1, 0.15) is 5.56 Å². The van der Waals surface area contributed by atoms with Gasteiger partial charge in [-0.1, -0.05) is 58.7 Å². The summed E-state index contributed by atoms with van der Waals surface area (Å²) < 4.78 is 0. The fourth-order valence-electron chi connectivity index (χ4n) is 2.98. The Morgan fingerprint density at radius 2 is 1.38 bits per heavy atom. The normalized spacial score (nSPS) is 15.3. The van der Waals surface area contributed by atoms with E-state index in [2.05, 4.69) is 5.32 Å². The minimum absolute atomic E-state index is 0.110. The Kier molecular flexibility index (Phi) is 6.58. The number of imide groups is 2. The van der Waals surface area contributed by atoms with Gasteiger partial charge in [0.05, 0.1) is 10.7 Å². The molecule has 1 saturated heterocycles. The molecule has 0 atom stereocenters. The van der Waals surface area contributed by atoms with Gasteiger partial charge in [0, 0.05) is 19.8 Å². The van der Waals surface area contributed by atoms with Gasteiger partial charge in [0.25, 0.3) is 11.8 Å². The minimum Gasteiger partial charge on any atom is -0.273 e. The van der Waals surface area contributed by atoms with Gasteiger partial charge in [0.15, 0.2) is 0 Å². The Balaban J connectivity index is 1.59. The fourth-order valence-corrected chi connectivity index (χ4v) is 4.41. The molecule has 0 unspecified atom stereocenters. The van der Waals surface area contributed by atoms with Gasteiger partial charge in [0.2, 0.25) is 0 Å². The van der Waals surface area contributed by atoms with Crippen LogP contribution in [0.2, 0.25) is 15.1 Å². The van der Waals surface area contributed by atoms with Crippen molar-refractivity contribution in [1.29, 1.82) is 0 Å². The number of anilines is 1. The lowest BCUT2D eigenvalue weighted by atomic mass is 10.1. The lowest BCUT2D eigenvalue weighted by molar-refractivity contribution is -0.122. The molecule has 1 heterocycles. The summed E-state index contributed by atoms with van der Waals surface area (Å²) in [5, 5.41) is 3.30. The Hall–Kier alpha value is -2.77. The highest BCUT2D eigenvalue weighted by Gasteiger charge is 2.37. The zero-order valence-electron chi connectivity index (χ0n) is 16.1. The van der Waals surface area contributed by atoms with Crippen LogP contribution in [0.25, 0.3) is 6.08 Å². The van der Waals surface area contributed by atoms with E-state index in [9.17, 15) is 14.4 Å². The molecule has 1 aliphatic rings. The number of carbonyl (C=O) groups is 3. The maximum absolute atomic E-state index is 13.0. The van der Waals surface area contributed by atoms with Gasteiger partial charge in [-0.3, -0.25) is 14.9 Å². The molecule has 9 heteroatoms. The lowest BCUT2D eigenvalue weighted by Crippen LogP contribution is -2.54. The SMILES string of the molecule is O=C1NC(=O)N(c2ccc(Cl)cc2Cl)C(=O)/C1=C/c1ccc(Sc2ccc(Cl)cc2)cc1. The van der Waals surface area contributed by atoms with Crippen molar-refractivity contribution in [3.63, 3.8) is 0 Å². The fraction of sp³-hybridized carbons (Fsp3) is 0. The van der Waals surface area contributed by atoms with Gasteiger partial charge in [-0.2, -0.15) is 0 Å². The molecule has 0 bridgehead atoms. The van der Waals surface area contributed by atoms with E-state index in [1.165, 1.54) is 24.3 Å². The standard InChI is InChI=1S/C23H13Cl3N2O3S/c24-14-3-8-17(9-4-14)32-16-6-1-13(2-7-16)11-18-21(29)27-23(31)28(22(18)30)20-10-5-15(25)12-19(20)26/h1-12H,(H,27,29,31)/b18-11+. The zero-order valence-corrected chi connectivity index (χ0v) is 19.2. The lowest BCUT2D eigenvalue weighted by Gasteiger charge is -2.27. The highest BCUT2D eigenvalue weighted by molar-refractivity contribution is 7.99. The van der Waals surface area contributed by atoms with Gasteiger partial charge in [-0.25, -0.2) is 9.69 Å². The van der Waals surface area contributed by atoms with E-state index < -0.39 is 17.8 Å². The molecule has 1 fully saturated rings. The van der Waals surface area contributed by atoms with E-state index in [0.29, 0.717) is 15.6 Å². The first-order valence-corrected chi connectivity index (χ1v) is 11.2. The molecular weight excluding hydrogens is 491 g/mol. The average Bonchev–Trinajstić information content (AvgIpc) is 2.75. The van der Waals surface area contributed by atoms with Crippen molar-refractivity contribution < 1.29 is 14.4 Å². The van der Waals surface area contributed by atoms with E-state index in [0.717, 1.165) is 14.7 Å². The van der Waals surface area contributed by atoms with Gasteiger partial charge >= 0.3 is 6.03 Å². The van der Waals surface area contributed by atoms with E-state index >= 15 is 0 Å². The van der Waals surface area contributed by atoms with Gasteiger partial charge < -0.3 is 0 Å². The number of amides is 4. The van der Waals surface area contributed by atoms with Crippen molar-refractivity contribution in [2.24, 2.45) is 0 Å². The molecule has 1 aliphatic heterocycles. The van der Waals surface area contributed by atoms with Crippen LogP contribution in [0.5, 0.6) is 0 Å². The molecule has 3 aromatic carbocycles. The maximum Gasteiger partial charge on any atom is 0.335 e. The van der Waals surface area contributed by atoms with Crippen LogP contribution in [0, 0.1) is 0 Å². The Labute approximate surface area is 203 Å². The number of hydrogen-bond donors (Lipinski definition) is 1. The van der Waals surface area contributed by atoms with Crippen molar-refractivity contribution >= 4 is 76.2 Å². The molecule has 32 heavy (non-hydrogen) atoms. The summed E-state index contributed by atoms with van der Waals surface area (Å²) in [6.45, 7) is 0. The van der Waals surface area contributed by atoms with Crippen LogP contribution < -0.4 is 10.2 Å². The molecule has 5 nitrogen and oxygen atoms in total. The molecule has 4 rings (SSSR count). The second-order valence-corrected chi connectivity index (χ2v) is 9.11. The first-order chi connectivity index (χ1) is 15.3. The highest BCUT2D eigenvalue weighted by atomic mass is 35.5. The molecule has 3 aromatic rings. The van der Waals surface area contributed by atoms with E-state index in [4.69, 9.17) is 34.8 Å². The van der Waals surface area contributed by atoms with Crippen LogP contribution in [0.3, 0.4) is 0 Å². The summed E-state index contributed by atoms with van der Waals surface area (Å²) in [6.07, 6.45) is 1.43. The molecular formula is C23H13Cl3N2O3S. The van der Waals surface area contributed by atoms with Crippen LogP contribution in [0.15, 0.2) is 82.1 Å². The molecule has 0 saturated carbocycles. The van der Waals surface area contributed by atoms with Crippen LogP contribution in [-0.4, -0.2) is 17.8 Å². The summed E-state index contributed by atoms with van der Waals surface area (Å²) in [4.78, 5) is 40.5. The maximum atomic E-state index is 13.0. The number of nitrogens with one attached hydrogen (secondary N) is 1. The third-order valence-corrected chi connectivity index (χ3v) is 6.30. The number of urea groups is 1. The van der Waals surface area contributed by atoms with Gasteiger partial charge in [0.1, 0.15) is 5.57 Å². The summed E-state index contributed by atoms with van der Waals surface area (Å²) in [5.41, 5.74) is 0.570. The number of barbiturate groups is 1. The van der Waals surface area contributed by atoms with Gasteiger partial charge in [-0.05, 0) is 66.2 Å². The van der Waals surface area contributed by atoms with Crippen molar-refractivity contribution in [2.75, 3.05) is 4.90 Å². The largest absolute Gasteiger partial charge is 0.335 e. The van der Waals surface area contributed by atoms with Crippen LogP contribution in [-0.2, 0) is 9.59 Å². The third kappa shape index (κ3) is 4.84. The summed E-state index contributed by atoms with van der Waals surface area (Å²) in [5.74, 6) is -1.55. The molecule has 4 amide bonds. The van der Waals surface area contributed by atoms with Crippen molar-refractivity contribution in [2.45, 2.75) is 9.79 Å². The monoisotopic (exact) mass is 502 g/mol. The van der Waals surface area contributed by atoms with Crippen molar-refractivity contribution in [1.82, 2.24) is 5.32 Å². The smallest absolute Gasteiger partial charge is 0.273 e. The summed E-state index contributed by atoms with van der Waals surface area (Å²) in [6, 6.07) is 18.2. The molecule has 160 valence electrons. The number of halogens is 3. The van der Waals surface area contributed by atoms with Crippen molar-refractivity contribution in [3.05, 3.63) is 92.9 Å². The molecule has 1 N–H and O–H groups in total. The summed E-state index contributed by atoms with van der Waals surface area (Å²) >= 11 is 19.5. The van der Waals surface area contributed by atoms with Crippen LogP contribution >= 0.6 is 46.6 Å². The number of nitrogens with zero attached hydrogens (tertiary/aromatic N) is 1. The highest BCUT2D eigenvalue weighted by Crippen LogP contribution is 2.32. The zero-order chi connectivity index (χ0) is 22.8. The first kappa shape index (κ1) is 22.4. The summed E-state index contributed by atoms with van der Waals surface area (Å²) in [7, 11) is 0. The second-order valence-electron chi connectivity index (χ2n) is 6.68. The Morgan fingerprint density at radius 3 is 2.00 bits per heavy atom. The molecule has 0 aromatic heterocycles. The third-order valence-electron chi connectivity index (χ3n) is 4.49. The van der Waals surface area contributed by atoms with E-state index in [1.807, 2.05) is 36.4 Å². The van der Waals surface area contributed by atoms with Crippen molar-refractivity contribution in [3.8, 4) is 0 Å². The van der Waals surface area contributed by atoms with E-state index in [-0.39, 0.29) is 16.3 Å². The number of rotatable bonds is 4. The van der Waals surface area contributed by atoms with E-state index in [1.54, 1.807) is 23.9 Å². The second kappa shape index (κ2) is 9.38. The predicted molar refractivity (Wildman–Crippen MR) is 127 cm³/mol. The Bertz CT molecular complexity index is 1260. The van der Waals surface area contributed by atoms with Crippen LogP contribution in [0.4, 0.5) is 10.5 Å². The predicted octanol–water partition coefficient (Wildman–Crippen LogP) is 6.46. The molecule has 0 radical (unpaired) electrons. The number of hydrogen-bond acceptors (Lipinski definition) is 4. The molecule has 0 aliphatic carbocycles. The topological polar surface area (TPSA) is 66.5 Å². The molecule has 0 spiro atoms. The first-order valence-electron chi connectivity index (χ1n) is 9.22. The number of carbonyl (C=O) groups excluding carboxylic acids is 3. The minimum atomic E-state index is -0.879. The average molecular weight is 504 g/mol. The quantitative estimate of drug-likeness (QED) is 0.327. The Morgan fingerprint density at radius 1 is 0.781 bits per heavy atom. The van der Waals surface area contributed by atoms with Gasteiger partial charge in [-0.15, -0.1) is 0 Å².